The maximum atomic E-state index is 12.7. The third kappa shape index (κ3) is 5.97. The molecule has 1 atom stereocenters. The zero-order valence-corrected chi connectivity index (χ0v) is 16.2. The molecule has 1 amide bonds. The molecular formula is C20H26N2O3S. The highest BCUT2D eigenvalue weighted by Crippen LogP contribution is 2.20. The molecule has 26 heavy (non-hydrogen) atoms. The third-order valence-electron chi connectivity index (χ3n) is 3.93. The van der Waals surface area contributed by atoms with Crippen molar-refractivity contribution < 1.29 is 13.2 Å². The summed E-state index contributed by atoms with van der Waals surface area (Å²) in [5.41, 5.74) is 1.74. The minimum Gasteiger partial charge on any atom is -0.356 e. The second kappa shape index (κ2) is 8.96. The van der Waals surface area contributed by atoms with Gasteiger partial charge in [-0.15, -0.1) is 0 Å². The summed E-state index contributed by atoms with van der Waals surface area (Å²) < 4.78 is 28.1. The molecule has 5 nitrogen and oxygen atoms in total. The van der Waals surface area contributed by atoms with Crippen molar-refractivity contribution in [3.05, 3.63) is 65.7 Å². The van der Waals surface area contributed by atoms with Crippen LogP contribution in [0.4, 0.5) is 0 Å². The van der Waals surface area contributed by atoms with E-state index in [4.69, 9.17) is 0 Å². The first-order valence-corrected chi connectivity index (χ1v) is 10.2. The van der Waals surface area contributed by atoms with E-state index in [0.717, 1.165) is 11.1 Å². The lowest BCUT2D eigenvalue weighted by Crippen LogP contribution is -2.35. The Kier molecular flexibility index (Phi) is 6.94. The Morgan fingerprint density at radius 1 is 1.00 bits per heavy atom. The molecule has 0 spiro atoms. The van der Waals surface area contributed by atoms with E-state index in [2.05, 4.69) is 10.0 Å². The van der Waals surface area contributed by atoms with E-state index < -0.39 is 16.1 Å². The lowest BCUT2D eigenvalue weighted by atomic mass is 10.0. The SMILES string of the molecule is Cc1ccc(S(=O)(=O)N[C@H](CC(=O)NCC(C)C)c2ccccc2)cc1. The second-order valence-corrected chi connectivity index (χ2v) is 8.51. The van der Waals surface area contributed by atoms with Crippen LogP contribution in [0.5, 0.6) is 0 Å². The molecule has 0 aromatic heterocycles. The highest BCUT2D eigenvalue weighted by atomic mass is 32.2. The van der Waals surface area contributed by atoms with E-state index in [1.807, 2.05) is 51.1 Å². The number of hydrogen-bond acceptors (Lipinski definition) is 3. The lowest BCUT2D eigenvalue weighted by Gasteiger charge is -2.19. The largest absolute Gasteiger partial charge is 0.356 e. The Morgan fingerprint density at radius 3 is 2.19 bits per heavy atom. The van der Waals surface area contributed by atoms with Crippen molar-refractivity contribution >= 4 is 15.9 Å². The van der Waals surface area contributed by atoms with E-state index >= 15 is 0 Å². The summed E-state index contributed by atoms with van der Waals surface area (Å²) in [5, 5.41) is 2.84. The molecule has 0 unspecified atom stereocenters. The van der Waals surface area contributed by atoms with Gasteiger partial charge in [0, 0.05) is 13.0 Å². The predicted octanol–water partition coefficient (Wildman–Crippen LogP) is 3.18. The highest BCUT2D eigenvalue weighted by molar-refractivity contribution is 7.89. The van der Waals surface area contributed by atoms with Crippen molar-refractivity contribution in [2.75, 3.05) is 6.54 Å². The maximum absolute atomic E-state index is 12.7. The van der Waals surface area contributed by atoms with Crippen LogP contribution in [0.2, 0.25) is 0 Å². The van der Waals surface area contributed by atoms with E-state index in [1.54, 1.807) is 24.3 Å². The Hall–Kier alpha value is -2.18. The molecule has 0 fully saturated rings. The summed E-state index contributed by atoms with van der Waals surface area (Å²) in [6, 6.07) is 15.2. The van der Waals surface area contributed by atoms with Crippen molar-refractivity contribution in [2.45, 2.75) is 38.1 Å². The molecule has 2 N–H and O–H groups in total. The van der Waals surface area contributed by atoms with Crippen molar-refractivity contribution in [1.29, 1.82) is 0 Å². The minimum atomic E-state index is -3.73. The van der Waals surface area contributed by atoms with Gasteiger partial charge in [-0.25, -0.2) is 13.1 Å². The normalized spacial score (nSPS) is 12.8. The van der Waals surface area contributed by atoms with E-state index in [0.29, 0.717) is 12.5 Å². The van der Waals surface area contributed by atoms with Crippen LogP contribution < -0.4 is 10.0 Å². The Bertz CT molecular complexity index is 816. The van der Waals surface area contributed by atoms with E-state index in [-0.39, 0.29) is 17.2 Å². The molecule has 0 saturated carbocycles. The van der Waals surface area contributed by atoms with Gasteiger partial charge in [0.25, 0.3) is 0 Å². The lowest BCUT2D eigenvalue weighted by molar-refractivity contribution is -0.121. The minimum absolute atomic E-state index is 0.0435. The van der Waals surface area contributed by atoms with Crippen LogP contribution in [0, 0.1) is 12.8 Å². The van der Waals surface area contributed by atoms with Crippen LogP contribution in [0.25, 0.3) is 0 Å². The number of aryl methyl sites for hydroxylation is 1. The first-order valence-electron chi connectivity index (χ1n) is 8.68. The summed E-state index contributed by atoms with van der Waals surface area (Å²) >= 11 is 0. The van der Waals surface area contributed by atoms with Crippen LogP contribution in [0.15, 0.2) is 59.5 Å². The van der Waals surface area contributed by atoms with Gasteiger partial charge >= 0.3 is 0 Å². The zero-order valence-electron chi connectivity index (χ0n) is 15.4. The van der Waals surface area contributed by atoms with Gasteiger partial charge in [-0.05, 0) is 30.5 Å². The quantitative estimate of drug-likeness (QED) is 0.745. The molecule has 0 heterocycles. The number of sulfonamides is 1. The molecule has 0 bridgehead atoms. The zero-order chi connectivity index (χ0) is 19.2. The standard InChI is InChI=1S/C20H26N2O3S/c1-15(2)14-21-20(23)13-19(17-7-5-4-6-8-17)22-26(24,25)18-11-9-16(3)10-12-18/h4-12,15,19,22H,13-14H2,1-3H3,(H,21,23)/t19-/m1/s1. The first kappa shape index (κ1) is 20.1. The molecule has 0 saturated heterocycles. The van der Waals surface area contributed by atoms with Crippen molar-refractivity contribution in [1.82, 2.24) is 10.0 Å². The van der Waals surface area contributed by atoms with Gasteiger partial charge in [-0.3, -0.25) is 4.79 Å². The number of amides is 1. The van der Waals surface area contributed by atoms with Crippen molar-refractivity contribution in [3.63, 3.8) is 0 Å². The van der Waals surface area contributed by atoms with Gasteiger partial charge in [0.05, 0.1) is 10.9 Å². The van der Waals surface area contributed by atoms with Gasteiger partial charge in [0.2, 0.25) is 15.9 Å². The fourth-order valence-electron chi connectivity index (χ4n) is 2.46. The Labute approximate surface area is 155 Å². The van der Waals surface area contributed by atoms with Gasteiger partial charge < -0.3 is 5.32 Å². The number of carbonyl (C=O) groups excluding carboxylic acids is 1. The molecular weight excluding hydrogens is 348 g/mol. The van der Waals surface area contributed by atoms with Crippen LogP contribution in [-0.2, 0) is 14.8 Å². The molecule has 2 aromatic carbocycles. The maximum Gasteiger partial charge on any atom is 0.241 e. The molecule has 2 aromatic rings. The summed E-state index contributed by atoms with van der Waals surface area (Å²) in [4.78, 5) is 12.4. The van der Waals surface area contributed by atoms with Gasteiger partial charge in [-0.2, -0.15) is 0 Å². The first-order chi connectivity index (χ1) is 12.3. The predicted molar refractivity (Wildman–Crippen MR) is 103 cm³/mol. The van der Waals surface area contributed by atoms with Crippen LogP contribution in [-0.4, -0.2) is 20.9 Å². The molecule has 6 heteroatoms. The van der Waals surface area contributed by atoms with Crippen LogP contribution >= 0.6 is 0 Å². The highest BCUT2D eigenvalue weighted by Gasteiger charge is 2.23. The fraction of sp³-hybridized carbons (Fsp3) is 0.350. The number of nitrogens with one attached hydrogen (secondary N) is 2. The topological polar surface area (TPSA) is 75.3 Å². The van der Waals surface area contributed by atoms with Gasteiger partial charge in [-0.1, -0.05) is 61.9 Å². The molecule has 0 aliphatic heterocycles. The van der Waals surface area contributed by atoms with Crippen molar-refractivity contribution in [3.8, 4) is 0 Å². The molecule has 0 radical (unpaired) electrons. The molecule has 0 aliphatic carbocycles. The molecule has 2 rings (SSSR count). The van der Waals surface area contributed by atoms with Gasteiger partial charge in [0.1, 0.15) is 0 Å². The molecule has 0 aliphatic rings. The smallest absolute Gasteiger partial charge is 0.241 e. The van der Waals surface area contributed by atoms with Crippen molar-refractivity contribution in [2.24, 2.45) is 5.92 Å². The summed E-state index contributed by atoms with van der Waals surface area (Å²) in [7, 11) is -3.73. The Morgan fingerprint density at radius 2 is 1.62 bits per heavy atom. The third-order valence-corrected chi connectivity index (χ3v) is 5.42. The van der Waals surface area contributed by atoms with E-state index in [1.165, 1.54) is 0 Å². The monoisotopic (exact) mass is 374 g/mol. The average Bonchev–Trinajstić information content (AvgIpc) is 2.60. The van der Waals surface area contributed by atoms with Crippen LogP contribution in [0.1, 0.15) is 37.4 Å². The average molecular weight is 375 g/mol. The number of carbonyl (C=O) groups is 1. The molecule has 140 valence electrons. The summed E-state index contributed by atoms with van der Waals surface area (Å²) in [5.74, 6) is 0.150. The fourth-order valence-corrected chi connectivity index (χ4v) is 3.69. The number of hydrogen-bond donors (Lipinski definition) is 2. The summed E-state index contributed by atoms with van der Waals surface area (Å²) in [6.45, 7) is 6.48. The summed E-state index contributed by atoms with van der Waals surface area (Å²) in [6.07, 6.45) is 0.0435. The Balaban J connectivity index is 2.21. The van der Waals surface area contributed by atoms with Gasteiger partial charge in [0.15, 0.2) is 0 Å². The number of benzene rings is 2. The second-order valence-electron chi connectivity index (χ2n) is 6.80. The number of rotatable bonds is 8. The van der Waals surface area contributed by atoms with Crippen LogP contribution in [0.3, 0.4) is 0 Å². The van der Waals surface area contributed by atoms with E-state index in [9.17, 15) is 13.2 Å².